The van der Waals surface area contributed by atoms with Crippen molar-refractivity contribution in [1.82, 2.24) is 29.1 Å². The molecule has 5 N–H and O–H groups in total. The van der Waals surface area contributed by atoms with Gasteiger partial charge in [-0.15, -0.1) is 0 Å². The lowest BCUT2D eigenvalue weighted by atomic mass is 10.2. The smallest absolute Gasteiger partial charge is 0.243 e. The highest BCUT2D eigenvalue weighted by Gasteiger charge is 2.13. The van der Waals surface area contributed by atoms with Crippen LogP contribution in [0.4, 0.5) is 11.9 Å². The molecule has 0 radical (unpaired) electrons. The molecule has 260 valence electrons. The van der Waals surface area contributed by atoms with E-state index in [1.165, 1.54) is 11.1 Å². The molecule has 0 aliphatic carbocycles. The fraction of sp³-hybridized carbons (Fsp3) is 0.351. The first-order chi connectivity index (χ1) is 21.9. The van der Waals surface area contributed by atoms with Crippen molar-refractivity contribution in [3.63, 3.8) is 0 Å². The van der Waals surface area contributed by atoms with Crippen LogP contribution in [-0.4, -0.2) is 47.4 Å². The van der Waals surface area contributed by atoms with Crippen LogP contribution in [0.5, 0.6) is 5.88 Å². The van der Waals surface area contributed by atoms with Gasteiger partial charge in [0.15, 0.2) is 5.15 Å². The average molecular weight is 677 g/mol. The molecule has 0 aliphatic rings. The maximum Gasteiger partial charge on any atom is 0.243 e. The minimum Gasteiger partial charge on any atom is -0.476 e. The lowest BCUT2D eigenvalue weighted by Crippen LogP contribution is -2.06. The van der Waals surface area contributed by atoms with Gasteiger partial charge in [-0.3, -0.25) is 0 Å². The Morgan fingerprint density at radius 3 is 1.62 bits per heavy atom. The number of halogens is 1. The van der Waals surface area contributed by atoms with Gasteiger partial charge in [-0.1, -0.05) is 121 Å². The first-order valence-corrected chi connectivity index (χ1v) is 15.5. The summed E-state index contributed by atoms with van der Waals surface area (Å²) in [5.74, 6) is 1.01. The monoisotopic (exact) mass is 676 g/mol. The molecule has 0 atom stereocenters. The Morgan fingerprint density at radius 1 is 0.667 bits per heavy atom. The quantitative estimate of drug-likeness (QED) is 0.0966. The van der Waals surface area contributed by atoms with E-state index in [0.29, 0.717) is 24.2 Å². The Morgan fingerprint density at radius 2 is 1.15 bits per heavy atom. The molecule has 0 fully saturated rings. The van der Waals surface area contributed by atoms with Gasteiger partial charge < -0.3 is 30.4 Å². The minimum atomic E-state index is 0. The zero-order chi connectivity index (χ0) is 32.0. The summed E-state index contributed by atoms with van der Waals surface area (Å²) in [4.78, 5) is 16.7. The summed E-state index contributed by atoms with van der Waals surface area (Å²) in [6, 6.07) is 24.3. The van der Waals surface area contributed by atoms with E-state index in [-0.39, 0.29) is 34.2 Å². The van der Waals surface area contributed by atoms with Gasteiger partial charge in [0.25, 0.3) is 0 Å². The normalized spacial score (nSPS) is 10.0. The standard InChI is InChI=1S/C17H20N4O.C13H11ClN4.C4H10O.3CH4/c1-2-3-11-22-16-15-14(19-17(18)20-16)9-10-21(15)12-13-7-5-4-6-8-13;14-12-11-10(16-13(15)17-12)6-7-18(11)8-9-4-2-1-3-5-9;1-2-3-4-5;;;/h4-10H,2-3,11-12H2,1H3,(H2,18,19,20);1-7H,8H2,(H2,15,16,17);5H,2-4H2,1H3;3*1H4. The SMILES string of the molecule is C.C.C.CCCCO.CCCCOc1nc(N)nc2ccn(Cc3ccccc3)c12.Nc1nc(Cl)c2c(ccn2Cc2ccccc2)n1. The van der Waals surface area contributed by atoms with Gasteiger partial charge in [-0.25, -0.2) is 9.97 Å². The first-order valence-electron chi connectivity index (χ1n) is 15.1. The second-order valence-electron chi connectivity index (χ2n) is 10.4. The van der Waals surface area contributed by atoms with Crippen LogP contribution in [0.25, 0.3) is 22.1 Å². The number of benzene rings is 2. The van der Waals surface area contributed by atoms with E-state index in [2.05, 4.69) is 62.6 Å². The summed E-state index contributed by atoms with van der Waals surface area (Å²) in [5.41, 5.74) is 17.1. The number of rotatable bonds is 10. The van der Waals surface area contributed by atoms with E-state index in [1.54, 1.807) is 0 Å². The third-order valence-electron chi connectivity index (χ3n) is 6.82. The molecular formula is C37H53ClN8O2. The number of unbranched alkanes of at least 4 members (excludes halogenated alkanes) is 2. The van der Waals surface area contributed by atoms with Crippen LogP contribution in [0.15, 0.2) is 85.2 Å². The molecule has 6 aromatic rings. The Kier molecular flexibility index (Phi) is 18.3. The number of nitrogens with zero attached hydrogens (tertiary/aromatic N) is 6. The molecule has 0 aliphatic heterocycles. The van der Waals surface area contributed by atoms with Gasteiger partial charge >= 0.3 is 0 Å². The molecule has 0 spiro atoms. The highest BCUT2D eigenvalue weighted by Crippen LogP contribution is 2.26. The number of aliphatic hydroxyl groups excluding tert-OH is 1. The Bertz CT molecular complexity index is 1760. The first kappa shape index (κ1) is 41.4. The van der Waals surface area contributed by atoms with Gasteiger partial charge in [-0.05, 0) is 36.1 Å². The number of anilines is 2. The molecule has 48 heavy (non-hydrogen) atoms. The maximum atomic E-state index is 8.07. The summed E-state index contributed by atoms with van der Waals surface area (Å²) < 4.78 is 9.95. The van der Waals surface area contributed by atoms with Crippen LogP contribution >= 0.6 is 11.6 Å². The third-order valence-corrected chi connectivity index (χ3v) is 7.08. The van der Waals surface area contributed by atoms with Crippen molar-refractivity contribution in [2.45, 2.75) is 74.9 Å². The Balaban J connectivity index is 0.000000404. The molecule has 0 saturated heterocycles. The largest absolute Gasteiger partial charge is 0.476 e. The highest BCUT2D eigenvalue weighted by molar-refractivity contribution is 6.33. The van der Waals surface area contributed by atoms with Crippen LogP contribution in [-0.2, 0) is 13.1 Å². The van der Waals surface area contributed by atoms with Crippen LogP contribution < -0.4 is 16.2 Å². The molecule has 0 unspecified atom stereocenters. The zero-order valence-corrected chi connectivity index (χ0v) is 26.6. The summed E-state index contributed by atoms with van der Waals surface area (Å²) in [6.45, 7) is 6.65. The summed E-state index contributed by atoms with van der Waals surface area (Å²) >= 11 is 6.12. The second kappa shape index (κ2) is 21.3. The molecule has 6 rings (SSSR count). The van der Waals surface area contributed by atoms with Crippen molar-refractivity contribution in [3.05, 3.63) is 101 Å². The zero-order valence-electron chi connectivity index (χ0n) is 25.8. The van der Waals surface area contributed by atoms with E-state index in [4.69, 9.17) is 32.9 Å². The molecule has 10 nitrogen and oxygen atoms in total. The fourth-order valence-corrected chi connectivity index (χ4v) is 4.85. The molecule has 11 heteroatoms. The number of aromatic nitrogens is 6. The molecule has 0 amide bonds. The average Bonchev–Trinajstić information content (AvgIpc) is 3.63. The third kappa shape index (κ3) is 11.5. The van der Waals surface area contributed by atoms with Crippen molar-refractivity contribution in [1.29, 1.82) is 0 Å². The summed E-state index contributed by atoms with van der Waals surface area (Å²) in [7, 11) is 0. The van der Waals surface area contributed by atoms with E-state index in [1.807, 2.05) is 65.5 Å². The molecule has 0 bridgehead atoms. The predicted molar refractivity (Wildman–Crippen MR) is 203 cm³/mol. The van der Waals surface area contributed by atoms with Crippen molar-refractivity contribution in [2.24, 2.45) is 0 Å². The number of hydrogen-bond acceptors (Lipinski definition) is 8. The molecule has 2 aromatic carbocycles. The van der Waals surface area contributed by atoms with Crippen molar-refractivity contribution in [2.75, 3.05) is 24.7 Å². The number of nitrogens with two attached hydrogens (primary N) is 2. The van der Waals surface area contributed by atoms with E-state index < -0.39 is 0 Å². The number of ether oxygens (including phenoxy) is 1. The predicted octanol–water partition coefficient (Wildman–Crippen LogP) is 8.64. The van der Waals surface area contributed by atoms with Crippen LogP contribution in [0.1, 0.15) is 72.9 Å². The highest BCUT2D eigenvalue weighted by atomic mass is 35.5. The lowest BCUT2D eigenvalue weighted by Gasteiger charge is -2.10. The van der Waals surface area contributed by atoms with Gasteiger partial charge in [0.1, 0.15) is 11.0 Å². The number of aliphatic hydroxyl groups is 1. The van der Waals surface area contributed by atoms with Gasteiger partial charge in [0.05, 0.1) is 17.6 Å². The van der Waals surface area contributed by atoms with Crippen molar-refractivity contribution >= 4 is 45.6 Å². The molecular weight excluding hydrogens is 624 g/mol. The van der Waals surface area contributed by atoms with Crippen LogP contribution in [0.2, 0.25) is 5.15 Å². The topological polar surface area (TPSA) is 143 Å². The minimum absolute atomic E-state index is 0. The van der Waals surface area contributed by atoms with Gasteiger partial charge in [0.2, 0.25) is 17.8 Å². The Hall–Kier alpha value is -4.67. The number of fused-ring (bicyclic) bond motifs is 2. The summed E-state index contributed by atoms with van der Waals surface area (Å²) in [5, 5.41) is 8.45. The van der Waals surface area contributed by atoms with Gasteiger partial charge in [0, 0.05) is 32.1 Å². The number of nitrogen functional groups attached to an aromatic ring is 2. The van der Waals surface area contributed by atoms with E-state index in [9.17, 15) is 0 Å². The van der Waals surface area contributed by atoms with Crippen LogP contribution in [0, 0.1) is 0 Å². The van der Waals surface area contributed by atoms with Crippen LogP contribution in [0.3, 0.4) is 0 Å². The van der Waals surface area contributed by atoms with Crippen molar-refractivity contribution in [3.8, 4) is 5.88 Å². The van der Waals surface area contributed by atoms with Gasteiger partial charge in [-0.2, -0.15) is 9.97 Å². The lowest BCUT2D eigenvalue weighted by molar-refractivity contribution is 0.287. The molecule has 0 saturated carbocycles. The number of hydrogen-bond donors (Lipinski definition) is 3. The fourth-order valence-electron chi connectivity index (χ4n) is 4.56. The summed E-state index contributed by atoms with van der Waals surface area (Å²) in [6.07, 6.45) is 8.05. The molecule has 4 heterocycles. The van der Waals surface area contributed by atoms with Crippen molar-refractivity contribution < 1.29 is 9.84 Å². The Labute approximate surface area is 290 Å². The second-order valence-corrected chi connectivity index (χ2v) is 10.7. The molecule has 4 aromatic heterocycles. The van der Waals surface area contributed by atoms with E-state index in [0.717, 1.165) is 60.8 Å². The van der Waals surface area contributed by atoms with E-state index >= 15 is 0 Å². The maximum absolute atomic E-state index is 8.07.